The summed E-state index contributed by atoms with van der Waals surface area (Å²) >= 11 is 1.96. The van der Waals surface area contributed by atoms with E-state index in [2.05, 4.69) is 4.90 Å². The molecule has 3 rings (SSSR count). The summed E-state index contributed by atoms with van der Waals surface area (Å²) < 4.78 is 5.41. The van der Waals surface area contributed by atoms with Crippen molar-refractivity contribution in [1.82, 2.24) is 4.90 Å². The first-order valence-electron chi connectivity index (χ1n) is 8.65. The Labute approximate surface area is 158 Å². The lowest BCUT2D eigenvalue weighted by Crippen LogP contribution is -2.32. The number of carbonyl (C=O) groups is 1. The van der Waals surface area contributed by atoms with E-state index in [1.807, 2.05) is 42.1 Å². The van der Waals surface area contributed by atoms with Crippen LogP contribution in [0.2, 0.25) is 0 Å². The summed E-state index contributed by atoms with van der Waals surface area (Å²) in [4.78, 5) is 14.9. The zero-order chi connectivity index (χ0) is 18.4. The Hall–Kier alpha value is -2.24. The van der Waals surface area contributed by atoms with Gasteiger partial charge in [0.2, 0.25) is 0 Å². The summed E-state index contributed by atoms with van der Waals surface area (Å²) in [6.45, 7) is 2.75. The van der Waals surface area contributed by atoms with Crippen molar-refractivity contribution in [1.29, 1.82) is 0 Å². The standard InChI is InChI=1S/C21H23NO3S/c1-25-21-14-20(24)18(13-17(21)15-22-9-11-26-12-10-22)19(23)8-7-16-5-3-2-4-6-16/h2-8,13-14,24H,9-12,15H2,1H3/b8-7+. The number of methoxy groups -OCH3 is 1. The van der Waals surface area contributed by atoms with Gasteiger partial charge in [-0.2, -0.15) is 11.8 Å². The quantitative estimate of drug-likeness (QED) is 0.619. The number of aromatic hydroxyl groups is 1. The van der Waals surface area contributed by atoms with E-state index in [0.29, 0.717) is 17.9 Å². The van der Waals surface area contributed by atoms with Gasteiger partial charge in [-0.15, -0.1) is 0 Å². The number of hydrogen-bond donors (Lipinski definition) is 1. The molecule has 2 aromatic carbocycles. The number of benzene rings is 2. The summed E-state index contributed by atoms with van der Waals surface area (Å²) in [5.74, 6) is 2.58. The zero-order valence-electron chi connectivity index (χ0n) is 14.9. The van der Waals surface area contributed by atoms with Crippen molar-refractivity contribution in [2.75, 3.05) is 31.7 Å². The zero-order valence-corrected chi connectivity index (χ0v) is 15.7. The molecule has 0 aliphatic carbocycles. The number of phenols is 1. The van der Waals surface area contributed by atoms with Gasteiger partial charge in [-0.25, -0.2) is 0 Å². The number of thioether (sulfide) groups is 1. The fourth-order valence-corrected chi connectivity index (χ4v) is 3.93. The Bertz CT molecular complexity index is 783. The predicted octanol–water partition coefficient (Wildman–Crippen LogP) is 3.85. The molecular weight excluding hydrogens is 346 g/mol. The summed E-state index contributed by atoms with van der Waals surface area (Å²) in [6, 6.07) is 12.9. The molecule has 0 atom stereocenters. The van der Waals surface area contributed by atoms with E-state index in [0.717, 1.165) is 35.7 Å². The van der Waals surface area contributed by atoms with Gasteiger partial charge in [0.05, 0.1) is 12.7 Å². The van der Waals surface area contributed by atoms with E-state index in [-0.39, 0.29) is 11.5 Å². The van der Waals surface area contributed by atoms with Crippen molar-refractivity contribution in [2.24, 2.45) is 0 Å². The topological polar surface area (TPSA) is 49.8 Å². The SMILES string of the molecule is COc1cc(O)c(C(=O)/C=C/c2ccccc2)cc1CN1CCSCC1. The van der Waals surface area contributed by atoms with Gasteiger partial charge in [-0.05, 0) is 17.7 Å². The van der Waals surface area contributed by atoms with Crippen molar-refractivity contribution in [3.8, 4) is 11.5 Å². The highest BCUT2D eigenvalue weighted by Crippen LogP contribution is 2.30. The fraction of sp³-hybridized carbons (Fsp3) is 0.286. The van der Waals surface area contributed by atoms with Gasteiger partial charge in [0.15, 0.2) is 5.78 Å². The number of carbonyl (C=O) groups excluding carboxylic acids is 1. The molecule has 26 heavy (non-hydrogen) atoms. The molecule has 1 fully saturated rings. The Morgan fingerprint density at radius 1 is 1.23 bits per heavy atom. The third-order valence-corrected chi connectivity index (χ3v) is 5.33. The van der Waals surface area contributed by atoms with E-state index >= 15 is 0 Å². The van der Waals surface area contributed by atoms with Gasteiger partial charge in [0.1, 0.15) is 11.5 Å². The Balaban J connectivity index is 1.82. The summed E-state index contributed by atoms with van der Waals surface area (Å²) in [5, 5.41) is 10.3. The van der Waals surface area contributed by atoms with Crippen molar-refractivity contribution in [2.45, 2.75) is 6.54 Å². The highest BCUT2D eigenvalue weighted by Gasteiger charge is 2.18. The maximum atomic E-state index is 12.6. The number of phenolic OH excluding ortho intramolecular Hbond substituents is 1. The molecule has 4 nitrogen and oxygen atoms in total. The monoisotopic (exact) mass is 369 g/mol. The lowest BCUT2D eigenvalue weighted by Gasteiger charge is -2.27. The number of ether oxygens (including phenoxy) is 1. The first kappa shape index (κ1) is 18.5. The van der Waals surface area contributed by atoms with E-state index in [1.54, 1.807) is 19.3 Å². The smallest absolute Gasteiger partial charge is 0.189 e. The van der Waals surface area contributed by atoms with Crippen LogP contribution in [0.3, 0.4) is 0 Å². The van der Waals surface area contributed by atoms with E-state index in [9.17, 15) is 9.90 Å². The molecule has 1 saturated heterocycles. The average molecular weight is 369 g/mol. The highest BCUT2D eigenvalue weighted by molar-refractivity contribution is 7.99. The first-order chi connectivity index (χ1) is 12.7. The molecule has 1 aliphatic rings. The van der Waals surface area contributed by atoms with Crippen LogP contribution in [0.15, 0.2) is 48.5 Å². The van der Waals surface area contributed by atoms with Gasteiger partial charge in [0, 0.05) is 42.8 Å². The van der Waals surface area contributed by atoms with Crippen molar-refractivity contribution < 1.29 is 14.6 Å². The molecule has 0 unspecified atom stereocenters. The minimum Gasteiger partial charge on any atom is -0.507 e. The molecule has 0 aromatic heterocycles. The molecule has 0 saturated carbocycles. The summed E-state index contributed by atoms with van der Waals surface area (Å²) in [7, 11) is 1.58. The van der Waals surface area contributed by atoms with Crippen LogP contribution in [0, 0.1) is 0 Å². The minimum atomic E-state index is -0.218. The Morgan fingerprint density at radius 3 is 2.65 bits per heavy atom. The van der Waals surface area contributed by atoms with Crippen LogP contribution in [-0.2, 0) is 6.54 Å². The molecule has 5 heteroatoms. The molecule has 1 N–H and O–H groups in total. The van der Waals surface area contributed by atoms with E-state index in [4.69, 9.17) is 4.74 Å². The maximum absolute atomic E-state index is 12.6. The van der Waals surface area contributed by atoms with Crippen LogP contribution in [-0.4, -0.2) is 47.5 Å². The van der Waals surface area contributed by atoms with Gasteiger partial charge in [-0.3, -0.25) is 9.69 Å². The van der Waals surface area contributed by atoms with Crippen LogP contribution < -0.4 is 4.74 Å². The van der Waals surface area contributed by atoms with Crippen LogP contribution in [0.25, 0.3) is 6.08 Å². The first-order valence-corrected chi connectivity index (χ1v) is 9.80. The maximum Gasteiger partial charge on any atom is 0.189 e. The van der Waals surface area contributed by atoms with Gasteiger partial charge >= 0.3 is 0 Å². The van der Waals surface area contributed by atoms with Crippen molar-refractivity contribution in [3.63, 3.8) is 0 Å². The molecule has 0 radical (unpaired) electrons. The molecule has 2 aromatic rings. The number of allylic oxidation sites excluding steroid dienone is 1. The predicted molar refractivity (Wildman–Crippen MR) is 107 cm³/mol. The second kappa shape index (κ2) is 8.92. The van der Waals surface area contributed by atoms with Crippen molar-refractivity contribution in [3.05, 3.63) is 65.2 Å². The molecule has 1 aliphatic heterocycles. The average Bonchev–Trinajstić information content (AvgIpc) is 2.68. The second-order valence-corrected chi connectivity index (χ2v) is 7.40. The molecule has 0 spiro atoms. The van der Waals surface area contributed by atoms with E-state index in [1.165, 1.54) is 12.1 Å². The third-order valence-electron chi connectivity index (χ3n) is 4.39. The summed E-state index contributed by atoms with van der Waals surface area (Å²) in [5.41, 5.74) is 2.17. The van der Waals surface area contributed by atoms with Crippen LogP contribution >= 0.6 is 11.8 Å². The fourth-order valence-electron chi connectivity index (χ4n) is 2.95. The Morgan fingerprint density at radius 2 is 1.96 bits per heavy atom. The minimum absolute atomic E-state index is 0.0532. The third kappa shape index (κ3) is 4.68. The van der Waals surface area contributed by atoms with Crippen LogP contribution in [0.5, 0.6) is 11.5 Å². The van der Waals surface area contributed by atoms with Crippen molar-refractivity contribution >= 4 is 23.6 Å². The lowest BCUT2D eigenvalue weighted by atomic mass is 10.0. The highest BCUT2D eigenvalue weighted by atomic mass is 32.2. The molecule has 136 valence electrons. The van der Waals surface area contributed by atoms with Crippen LogP contribution in [0.4, 0.5) is 0 Å². The second-order valence-electron chi connectivity index (χ2n) is 6.18. The number of nitrogens with zero attached hydrogens (tertiary/aromatic N) is 1. The Kier molecular flexibility index (Phi) is 6.36. The lowest BCUT2D eigenvalue weighted by molar-refractivity contribution is 0.104. The molecular formula is C21H23NO3S. The van der Waals surface area contributed by atoms with Gasteiger partial charge < -0.3 is 9.84 Å². The largest absolute Gasteiger partial charge is 0.507 e. The molecule has 1 heterocycles. The molecule has 0 bridgehead atoms. The summed E-state index contributed by atoms with van der Waals surface area (Å²) in [6.07, 6.45) is 3.26. The van der Waals surface area contributed by atoms with Crippen LogP contribution in [0.1, 0.15) is 21.5 Å². The number of rotatable bonds is 6. The van der Waals surface area contributed by atoms with E-state index < -0.39 is 0 Å². The van der Waals surface area contributed by atoms with Gasteiger partial charge in [-0.1, -0.05) is 36.4 Å². The molecule has 0 amide bonds. The number of hydrogen-bond acceptors (Lipinski definition) is 5. The number of ketones is 1. The van der Waals surface area contributed by atoms with Gasteiger partial charge in [0.25, 0.3) is 0 Å². The normalized spacial score (nSPS) is 15.3.